The normalized spacial score (nSPS) is 12.4. The molecule has 4 aromatic carbocycles. The summed E-state index contributed by atoms with van der Waals surface area (Å²) in [6, 6.07) is 28.7. The second-order valence-corrected chi connectivity index (χ2v) is 13.2. The third kappa shape index (κ3) is 8.71. The maximum absolute atomic E-state index is 14.7. The van der Waals surface area contributed by atoms with E-state index in [4.69, 9.17) is 9.47 Å². The van der Waals surface area contributed by atoms with Crippen LogP contribution in [0.25, 0.3) is 0 Å². The predicted octanol–water partition coefficient (Wildman–Crippen LogP) is 5.76. The fraction of sp³-hybridized carbons (Fsp3) is 0.297. The summed E-state index contributed by atoms with van der Waals surface area (Å²) < 4.78 is 40.5. The number of hydrogen-bond acceptors (Lipinski definition) is 6. The second-order valence-electron chi connectivity index (χ2n) is 11.3. The minimum Gasteiger partial charge on any atom is -0.497 e. The Kier molecular flexibility index (Phi) is 12.0. The molecule has 2 atom stereocenters. The van der Waals surface area contributed by atoms with E-state index < -0.39 is 28.5 Å². The Balaban J connectivity index is 1.84. The predicted molar refractivity (Wildman–Crippen MR) is 184 cm³/mol. The number of para-hydroxylation sites is 2. The molecule has 4 rings (SSSR count). The number of sulfonamides is 1. The molecule has 248 valence electrons. The molecule has 47 heavy (non-hydrogen) atoms. The van der Waals surface area contributed by atoms with E-state index >= 15 is 0 Å². The molecular formula is C37H43N3O6S. The summed E-state index contributed by atoms with van der Waals surface area (Å²) >= 11 is 0. The molecule has 4 aromatic rings. The van der Waals surface area contributed by atoms with Crippen LogP contribution < -0.4 is 19.1 Å². The monoisotopic (exact) mass is 657 g/mol. The fourth-order valence-corrected chi connectivity index (χ4v) is 6.61. The number of anilines is 1. The van der Waals surface area contributed by atoms with Gasteiger partial charge in [0.05, 0.1) is 24.8 Å². The summed E-state index contributed by atoms with van der Waals surface area (Å²) in [5.41, 5.74) is 2.85. The number of nitrogens with one attached hydrogen (secondary N) is 1. The highest BCUT2D eigenvalue weighted by atomic mass is 32.2. The molecule has 0 aliphatic heterocycles. The zero-order valence-corrected chi connectivity index (χ0v) is 28.4. The van der Waals surface area contributed by atoms with Gasteiger partial charge < -0.3 is 19.7 Å². The lowest BCUT2D eigenvalue weighted by Crippen LogP contribution is -2.54. The minimum absolute atomic E-state index is 0.0298. The molecule has 0 radical (unpaired) electrons. The SMILES string of the molecule is CC[C@@H](C)NC(=O)[C@H](Cc1ccccc1)N(Cc1ccccc1C)C(=O)CN(c1ccccc1OC)S(=O)(=O)c1ccc(OC)cc1. The molecule has 0 bridgehead atoms. The van der Waals surface area contributed by atoms with Gasteiger partial charge in [-0.3, -0.25) is 13.9 Å². The Morgan fingerprint density at radius 1 is 0.830 bits per heavy atom. The molecule has 9 nitrogen and oxygen atoms in total. The van der Waals surface area contributed by atoms with Gasteiger partial charge in [0.25, 0.3) is 10.0 Å². The third-order valence-corrected chi connectivity index (χ3v) is 9.93. The smallest absolute Gasteiger partial charge is 0.264 e. The zero-order chi connectivity index (χ0) is 34.0. The third-order valence-electron chi connectivity index (χ3n) is 8.15. The van der Waals surface area contributed by atoms with Crippen molar-refractivity contribution in [2.75, 3.05) is 25.1 Å². The quantitative estimate of drug-likeness (QED) is 0.174. The van der Waals surface area contributed by atoms with E-state index in [2.05, 4.69) is 5.32 Å². The van der Waals surface area contributed by atoms with E-state index in [-0.39, 0.29) is 41.2 Å². The van der Waals surface area contributed by atoms with Crippen molar-refractivity contribution in [3.8, 4) is 11.5 Å². The number of rotatable bonds is 15. The van der Waals surface area contributed by atoms with Crippen LogP contribution in [0.3, 0.4) is 0 Å². The molecule has 2 amide bonds. The van der Waals surface area contributed by atoms with Crippen LogP contribution >= 0.6 is 0 Å². The van der Waals surface area contributed by atoms with Crippen LogP contribution in [0.1, 0.15) is 37.0 Å². The highest BCUT2D eigenvalue weighted by Crippen LogP contribution is 2.33. The van der Waals surface area contributed by atoms with Crippen molar-refractivity contribution < 1.29 is 27.5 Å². The molecule has 10 heteroatoms. The Bertz CT molecular complexity index is 1750. The molecule has 0 saturated heterocycles. The number of benzene rings is 4. The summed E-state index contributed by atoms with van der Waals surface area (Å²) in [6.07, 6.45) is 0.942. The number of carbonyl (C=O) groups excluding carboxylic acids is 2. The largest absolute Gasteiger partial charge is 0.497 e. The van der Waals surface area contributed by atoms with Crippen molar-refractivity contribution in [2.24, 2.45) is 0 Å². The van der Waals surface area contributed by atoms with E-state index in [9.17, 15) is 18.0 Å². The molecule has 0 unspecified atom stereocenters. The average molecular weight is 658 g/mol. The lowest BCUT2D eigenvalue weighted by atomic mass is 10.0. The maximum atomic E-state index is 14.7. The summed E-state index contributed by atoms with van der Waals surface area (Å²) in [4.78, 5) is 30.2. The number of methoxy groups -OCH3 is 2. The number of carbonyl (C=O) groups is 2. The van der Waals surface area contributed by atoms with Crippen molar-refractivity contribution >= 4 is 27.5 Å². The first-order chi connectivity index (χ1) is 22.6. The van der Waals surface area contributed by atoms with Gasteiger partial charge in [0, 0.05) is 19.0 Å². The Morgan fingerprint density at radius 3 is 2.11 bits per heavy atom. The van der Waals surface area contributed by atoms with Crippen LogP contribution in [0, 0.1) is 6.92 Å². The summed E-state index contributed by atoms with van der Waals surface area (Å²) in [7, 11) is -1.36. The Hall–Kier alpha value is -4.83. The average Bonchev–Trinajstić information content (AvgIpc) is 3.09. The molecular weight excluding hydrogens is 614 g/mol. The van der Waals surface area contributed by atoms with Gasteiger partial charge >= 0.3 is 0 Å². The maximum Gasteiger partial charge on any atom is 0.264 e. The van der Waals surface area contributed by atoms with Crippen LogP contribution in [0.5, 0.6) is 11.5 Å². The lowest BCUT2D eigenvalue weighted by Gasteiger charge is -2.35. The van der Waals surface area contributed by atoms with Crippen molar-refractivity contribution in [2.45, 2.75) is 57.1 Å². The van der Waals surface area contributed by atoms with Gasteiger partial charge in [0.2, 0.25) is 11.8 Å². The number of amides is 2. The fourth-order valence-electron chi connectivity index (χ4n) is 5.19. The van der Waals surface area contributed by atoms with Crippen molar-refractivity contribution in [3.05, 3.63) is 120 Å². The molecule has 0 heterocycles. The first-order valence-corrected chi connectivity index (χ1v) is 17.0. The number of ether oxygens (including phenoxy) is 2. The molecule has 0 fully saturated rings. The highest BCUT2D eigenvalue weighted by molar-refractivity contribution is 7.92. The van der Waals surface area contributed by atoms with Crippen LogP contribution in [-0.4, -0.2) is 58.0 Å². The van der Waals surface area contributed by atoms with Gasteiger partial charge in [-0.05, 0) is 73.4 Å². The second kappa shape index (κ2) is 16.1. The van der Waals surface area contributed by atoms with Crippen molar-refractivity contribution in [1.29, 1.82) is 0 Å². The molecule has 0 saturated carbocycles. The first kappa shape index (κ1) is 35.0. The van der Waals surface area contributed by atoms with Crippen LogP contribution in [0.2, 0.25) is 0 Å². The molecule has 0 aliphatic rings. The standard InChI is InChI=1S/C37H43N3O6S/c1-6-28(3)38-37(42)34(24-29-15-8-7-9-16-29)39(25-30-17-11-10-14-27(30)2)36(41)26-40(33-18-12-13-19-35(33)46-5)47(43,44)32-22-20-31(45-4)21-23-32/h7-23,28,34H,6,24-26H2,1-5H3,(H,38,42)/t28-,34+/m1/s1. The molecule has 0 spiro atoms. The Labute approximate surface area is 278 Å². The van der Waals surface area contributed by atoms with Crippen molar-refractivity contribution in [3.63, 3.8) is 0 Å². The van der Waals surface area contributed by atoms with Gasteiger partial charge in [-0.25, -0.2) is 8.42 Å². The van der Waals surface area contributed by atoms with Gasteiger partial charge in [-0.15, -0.1) is 0 Å². The molecule has 1 N–H and O–H groups in total. The zero-order valence-electron chi connectivity index (χ0n) is 27.6. The van der Waals surface area contributed by atoms with E-state index in [1.165, 1.54) is 31.3 Å². The van der Waals surface area contributed by atoms with Gasteiger partial charge in [0.1, 0.15) is 24.1 Å². The molecule has 0 aliphatic carbocycles. The van der Waals surface area contributed by atoms with E-state index in [0.29, 0.717) is 12.2 Å². The van der Waals surface area contributed by atoms with Crippen LogP contribution in [-0.2, 0) is 32.6 Å². The number of nitrogens with zero attached hydrogens (tertiary/aromatic N) is 2. The summed E-state index contributed by atoms with van der Waals surface area (Å²) in [5.74, 6) is -0.0917. The molecule has 0 aromatic heterocycles. The topological polar surface area (TPSA) is 105 Å². The lowest BCUT2D eigenvalue weighted by molar-refractivity contribution is -0.140. The van der Waals surface area contributed by atoms with Gasteiger partial charge in [0.15, 0.2) is 0 Å². The van der Waals surface area contributed by atoms with Crippen LogP contribution in [0.4, 0.5) is 5.69 Å². The van der Waals surface area contributed by atoms with E-state index in [1.807, 2.05) is 75.4 Å². The summed E-state index contributed by atoms with van der Waals surface area (Å²) in [6.45, 7) is 5.35. The van der Waals surface area contributed by atoms with E-state index in [0.717, 1.165) is 21.0 Å². The highest BCUT2D eigenvalue weighted by Gasteiger charge is 2.36. The number of hydrogen-bond donors (Lipinski definition) is 1. The summed E-state index contributed by atoms with van der Waals surface area (Å²) in [5, 5.41) is 3.06. The van der Waals surface area contributed by atoms with Gasteiger partial charge in [-0.2, -0.15) is 0 Å². The van der Waals surface area contributed by atoms with E-state index in [1.54, 1.807) is 36.4 Å². The number of aryl methyl sites for hydroxylation is 1. The van der Waals surface area contributed by atoms with Gasteiger partial charge in [-0.1, -0.05) is 73.7 Å². The first-order valence-electron chi connectivity index (χ1n) is 15.6. The minimum atomic E-state index is -4.30. The Morgan fingerprint density at radius 2 is 1.47 bits per heavy atom. The van der Waals surface area contributed by atoms with Crippen LogP contribution in [0.15, 0.2) is 108 Å². The van der Waals surface area contributed by atoms with Crippen molar-refractivity contribution in [1.82, 2.24) is 10.2 Å².